The molecule has 1 heterocycles. The number of anilines is 3. The first-order valence-electron chi connectivity index (χ1n) is 8.60. The zero-order valence-electron chi connectivity index (χ0n) is 14.7. The zero-order valence-corrected chi connectivity index (χ0v) is 14.7. The second-order valence-electron chi connectivity index (χ2n) is 5.74. The molecule has 0 aliphatic carbocycles. The molecule has 3 nitrogen and oxygen atoms in total. The fraction of sp³-hybridized carbons (Fsp3) is 0. The topological polar surface area (TPSA) is 37.0 Å². The molecule has 2 N–H and O–H groups in total. The van der Waals surface area contributed by atoms with E-state index in [1.54, 1.807) is 24.3 Å². The summed E-state index contributed by atoms with van der Waals surface area (Å²) < 4.78 is 11.5. The largest absolute Gasteiger partial charge is 0.356 e. The number of rotatable bonds is 4. The van der Waals surface area contributed by atoms with Crippen molar-refractivity contribution in [3.63, 3.8) is 0 Å². The van der Waals surface area contributed by atoms with E-state index < -0.39 is 0 Å². The van der Waals surface area contributed by atoms with E-state index in [1.807, 2.05) is 60.8 Å². The second-order valence-corrected chi connectivity index (χ2v) is 5.74. The smallest absolute Gasteiger partial charge is 0.0701 e. The number of pyridine rings is 1. The number of hydrogen-bond acceptors (Lipinski definition) is 3. The van der Waals surface area contributed by atoms with Crippen LogP contribution in [0.3, 0.4) is 0 Å². The number of para-hydroxylation sites is 2. The van der Waals surface area contributed by atoms with Crippen molar-refractivity contribution in [2.45, 2.75) is 0 Å². The van der Waals surface area contributed by atoms with Crippen LogP contribution in [0, 0.1) is 0 Å². The lowest BCUT2D eigenvalue weighted by Crippen LogP contribution is -1.89. The Morgan fingerprint density at radius 2 is 1.11 bits per heavy atom. The lowest BCUT2D eigenvalue weighted by atomic mass is 10.1. The Balaban J connectivity index is 0.000000221. The number of halogens is 1. The Bertz CT molecular complexity index is 912. The molecule has 27 heavy (non-hydrogen) atoms. The van der Waals surface area contributed by atoms with Crippen LogP contribution in [0.25, 0.3) is 11.3 Å². The van der Waals surface area contributed by atoms with Crippen molar-refractivity contribution in [3.05, 3.63) is 109 Å². The monoisotopic (exact) mass is 357 g/mol. The Hall–Kier alpha value is -3.66. The van der Waals surface area contributed by atoms with Gasteiger partial charge in [0.15, 0.2) is 0 Å². The number of hydrogen-bond donors (Lipinski definition) is 2. The van der Waals surface area contributed by atoms with Crippen molar-refractivity contribution in [1.82, 2.24) is 4.98 Å². The van der Waals surface area contributed by atoms with Gasteiger partial charge in [0, 0.05) is 23.1 Å². The van der Waals surface area contributed by atoms with Crippen molar-refractivity contribution in [2.24, 2.45) is 0 Å². The maximum absolute atomic E-state index is 11.5. The lowest BCUT2D eigenvalue weighted by molar-refractivity contribution is 0.618. The zero-order chi connectivity index (χ0) is 18.7. The Kier molecular flexibility index (Phi) is 6.54. The summed E-state index contributed by atoms with van der Waals surface area (Å²) in [7, 11) is 0. The first-order valence-corrected chi connectivity index (χ1v) is 8.60. The van der Waals surface area contributed by atoms with Crippen LogP contribution < -0.4 is 10.9 Å². The van der Waals surface area contributed by atoms with Crippen molar-refractivity contribution in [3.8, 4) is 11.3 Å². The SMILES string of the molecule is FNc1ccccc1.c1ccc(Nc2ccc(-c3ccccn3)cc2)cc1. The van der Waals surface area contributed by atoms with Crippen LogP contribution in [-0.2, 0) is 0 Å². The minimum atomic E-state index is 0.493. The average molecular weight is 357 g/mol. The van der Waals surface area contributed by atoms with E-state index in [0.29, 0.717) is 5.69 Å². The molecule has 0 aliphatic heterocycles. The number of nitrogens with zero attached hydrogens (tertiary/aromatic N) is 1. The molecule has 0 atom stereocenters. The second kappa shape index (κ2) is 9.73. The van der Waals surface area contributed by atoms with Crippen LogP contribution in [0.2, 0.25) is 0 Å². The van der Waals surface area contributed by atoms with Gasteiger partial charge in [-0.05, 0) is 48.5 Å². The first-order chi connectivity index (χ1) is 13.3. The molecule has 0 aliphatic rings. The van der Waals surface area contributed by atoms with E-state index in [-0.39, 0.29) is 0 Å². The number of aromatic nitrogens is 1. The molecule has 0 bridgehead atoms. The molecule has 4 heteroatoms. The van der Waals surface area contributed by atoms with Crippen LogP contribution in [0.1, 0.15) is 0 Å². The minimum absolute atomic E-state index is 0.493. The van der Waals surface area contributed by atoms with Gasteiger partial charge in [-0.15, -0.1) is 4.48 Å². The highest BCUT2D eigenvalue weighted by molar-refractivity contribution is 5.66. The standard InChI is InChI=1S/C17H14N2.C6H6FN/c1-2-6-15(7-3-1)19-16-11-9-14(10-12-16)17-8-4-5-13-18-17;7-8-6-4-2-1-3-5-6/h1-13,19H;1-5,8H. The van der Waals surface area contributed by atoms with Crippen LogP contribution in [0.4, 0.5) is 21.5 Å². The van der Waals surface area contributed by atoms with Crippen LogP contribution in [0.5, 0.6) is 0 Å². The molecule has 0 saturated carbocycles. The molecule has 4 rings (SSSR count). The molecule has 0 fully saturated rings. The molecule has 1 aromatic heterocycles. The lowest BCUT2D eigenvalue weighted by Gasteiger charge is -2.07. The highest BCUT2D eigenvalue weighted by Crippen LogP contribution is 2.21. The van der Waals surface area contributed by atoms with E-state index >= 15 is 0 Å². The molecule has 0 saturated heterocycles. The van der Waals surface area contributed by atoms with Gasteiger partial charge in [0.25, 0.3) is 0 Å². The summed E-state index contributed by atoms with van der Waals surface area (Å²) >= 11 is 0. The third-order valence-electron chi connectivity index (χ3n) is 3.79. The Labute approximate surface area is 158 Å². The molecule has 0 radical (unpaired) electrons. The summed E-state index contributed by atoms with van der Waals surface area (Å²) in [6.07, 6.45) is 1.81. The van der Waals surface area contributed by atoms with Gasteiger partial charge in [0.1, 0.15) is 0 Å². The van der Waals surface area contributed by atoms with Gasteiger partial charge < -0.3 is 5.32 Å². The third-order valence-corrected chi connectivity index (χ3v) is 3.79. The maximum atomic E-state index is 11.5. The normalized spacial score (nSPS) is 9.67. The van der Waals surface area contributed by atoms with Crippen molar-refractivity contribution < 1.29 is 4.48 Å². The van der Waals surface area contributed by atoms with Crippen LogP contribution in [0.15, 0.2) is 109 Å². The minimum Gasteiger partial charge on any atom is -0.356 e. The molecule has 4 aromatic rings. The summed E-state index contributed by atoms with van der Waals surface area (Å²) in [5.41, 5.74) is 6.30. The van der Waals surface area contributed by atoms with E-state index in [1.165, 1.54) is 5.54 Å². The van der Waals surface area contributed by atoms with E-state index in [2.05, 4.69) is 34.6 Å². The fourth-order valence-corrected chi connectivity index (χ4v) is 2.45. The maximum Gasteiger partial charge on any atom is 0.0701 e. The highest BCUT2D eigenvalue weighted by atomic mass is 19.2. The van der Waals surface area contributed by atoms with Crippen molar-refractivity contribution >= 4 is 17.1 Å². The molecule has 0 unspecified atom stereocenters. The number of benzene rings is 3. The molecule has 0 amide bonds. The van der Waals surface area contributed by atoms with Crippen molar-refractivity contribution in [1.29, 1.82) is 0 Å². The van der Waals surface area contributed by atoms with E-state index in [9.17, 15) is 4.48 Å². The summed E-state index contributed by atoms with van der Waals surface area (Å²) in [6.45, 7) is 0. The Morgan fingerprint density at radius 1 is 0.556 bits per heavy atom. The molecular weight excluding hydrogens is 337 g/mol. The van der Waals surface area contributed by atoms with Crippen molar-refractivity contribution in [2.75, 3.05) is 10.9 Å². The Morgan fingerprint density at radius 3 is 1.63 bits per heavy atom. The molecular formula is C23H20FN3. The van der Waals surface area contributed by atoms with E-state index in [4.69, 9.17) is 0 Å². The molecule has 134 valence electrons. The predicted octanol–water partition coefficient (Wildman–Crippen LogP) is 6.48. The van der Waals surface area contributed by atoms with Gasteiger partial charge in [0.05, 0.1) is 11.4 Å². The quantitative estimate of drug-likeness (QED) is 0.411. The van der Waals surface area contributed by atoms with Gasteiger partial charge in [-0.3, -0.25) is 4.98 Å². The predicted molar refractivity (Wildman–Crippen MR) is 111 cm³/mol. The summed E-state index contributed by atoms with van der Waals surface area (Å²) in [5, 5.41) is 3.36. The van der Waals surface area contributed by atoms with Gasteiger partial charge in [-0.2, -0.15) is 0 Å². The number of nitrogens with one attached hydrogen (secondary N) is 2. The van der Waals surface area contributed by atoms with Crippen LogP contribution in [-0.4, -0.2) is 4.98 Å². The van der Waals surface area contributed by atoms with Gasteiger partial charge in [-0.1, -0.05) is 54.6 Å². The van der Waals surface area contributed by atoms with Crippen LogP contribution >= 0.6 is 0 Å². The third kappa shape index (κ3) is 5.68. The first kappa shape index (κ1) is 18.1. The van der Waals surface area contributed by atoms with E-state index in [0.717, 1.165) is 22.6 Å². The highest BCUT2D eigenvalue weighted by Gasteiger charge is 1.98. The van der Waals surface area contributed by atoms with Gasteiger partial charge >= 0.3 is 0 Å². The average Bonchev–Trinajstić information content (AvgIpc) is 2.77. The van der Waals surface area contributed by atoms with Gasteiger partial charge in [-0.25, -0.2) is 5.54 Å². The summed E-state index contributed by atoms with van der Waals surface area (Å²) in [6, 6.07) is 33.0. The summed E-state index contributed by atoms with van der Waals surface area (Å²) in [4.78, 5) is 4.34. The van der Waals surface area contributed by atoms with Gasteiger partial charge in [0.2, 0.25) is 0 Å². The molecule has 0 spiro atoms. The fourth-order valence-electron chi connectivity index (χ4n) is 2.45. The molecule has 3 aromatic carbocycles. The summed E-state index contributed by atoms with van der Waals surface area (Å²) in [5.74, 6) is 0.